The molecule has 1 aromatic carbocycles. The van der Waals surface area contributed by atoms with Gasteiger partial charge in [0.05, 0.1) is 11.2 Å². The molecule has 0 radical (unpaired) electrons. The van der Waals surface area contributed by atoms with Crippen LogP contribution in [0.25, 0.3) is 0 Å². The fourth-order valence-corrected chi connectivity index (χ4v) is 3.02. The molecule has 0 N–H and O–H groups in total. The van der Waals surface area contributed by atoms with Gasteiger partial charge in [-0.2, -0.15) is 0 Å². The van der Waals surface area contributed by atoms with Crippen molar-refractivity contribution >= 4 is 18.3 Å². The molecule has 0 aliphatic carbocycles. The number of aryl methyl sites for hydroxylation is 1. The molecule has 2 heterocycles. The van der Waals surface area contributed by atoms with E-state index in [4.69, 9.17) is 9.31 Å². The van der Waals surface area contributed by atoms with Crippen LogP contribution in [-0.2, 0) is 9.31 Å². The smallest absolute Gasteiger partial charge is 0.399 e. The van der Waals surface area contributed by atoms with Crippen molar-refractivity contribution in [2.24, 2.45) is 0 Å². The molecular formula is C17H26BNO2. The van der Waals surface area contributed by atoms with Crippen LogP contribution in [0.2, 0.25) is 0 Å². The summed E-state index contributed by atoms with van der Waals surface area (Å²) in [6.07, 6.45) is 2.58. The van der Waals surface area contributed by atoms with E-state index in [2.05, 4.69) is 57.7 Å². The van der Waals surface area contributed by atoms with E-state index in [0.717, 1.165) is 18.6 Å². The van der Waals surface area contributed by atoms with Gasteiger partial charge in [-0.15, -0.1) is 0 Å². The topological polar surface area (TPSA) is 21.7 Å². The summed E-state index contributed by atoms with van der Waals surface area (Å²) >= 11 is 0. The normalized spacial score (nSPS) is 23.9. The van der Waals surface area contributed by atoms with E-state index in [0.29, 0.717) is 0 Å². The molecule has 0 atom stereocenters. The average Bonchev–Trinajstić information content (AvgIpc) is 2.97. The van der Waals surface area contributed by atoms with Crippen molar-refractivity contribution < 1.29 is 9.31 Å². The molecule has 114 valence electrons. The van der Waals surface area contributed by atoms with Gasteiger partial charge < -0.3 is 14.2 Å². The maximum absolute atomic E-state index is 6.21. The molecule has 0 aromatic heterocycles. The summed E-state index contributed by atoms with van der Waals surface area (Å²) < 4.78 is 12.4. The Labute approximate surface area is 128 Å². The van der Waals surface area contributed by atoms with Crippen LogP contribution in [-0.4, -0.2) is 31.4 Å². The molecule has 0 unspecified atom stereocenters. The van der Waals surface area contributed by atoms with Gasteiger partial charge in [-0.3, -0.25) is 0 Å². The second-order valence-corrected chi connectivity index (χ2v) is 7.32. The van der Waals surface area contributed by atoms with Crippen LogP contribution >= 0.6 is 0 Å². The second-order valence-electron chi connectivity index (χ2n) is 7.32. The van der Waals surface area contributed by atoms with Crippen LogP contribution < -0.4 is 10.4 Å². The number of nitrogens with zero attached hydrogens (tertiary/aromatic N) is 1. The predicted octanol–water partition coefficient (Wildman–Crippen LogP) is 2.89. The van der Waals surface area contributed by atoms with Crippen molar-refractivity contribution in [1.82, 2.24) is 0 Å². The van der Waals surface area contributed by atoms with E-state index in [-0.39, 0.29) is 18.3 Å². The summed E-state index contributed by atoms with van der Waals surface area (Å²) in [6.45, 7) is 12.9. The number of hydrogen-bond acceptors (Lipinski definition) is 3. The third kappa shape index (κ3) is 2.60. The summed E-state index contributed by atoms with van der Waals surface area (Å²) in [5.74, 6) is 0. The van der Waals surface area contributed by atoms with Gasteiger partial charge >= 0.3 is 7.12 Å². The van der Waals surface area contributed by atoms with Gasteiger partial charge in [0.2, 0.25) is 0 Å². The number of rotatable bonds is 2. The van der Waals surface area contributed by atoms with Gasteiger partial charge in [0.25, 0.3) is 0 Å². The molecule has 2 saturated heterocycles. The Hall–Kier alpha value is -0.995. The molecule has 0 spiro atoms. The van der Waals surface area contributed by atoms with E-state index in [1.54, 1.807) is 0 Å². The lowest BCUT2D eigenvalue weighted by atomic mass is 9.76. The lowest BCUT2D eigenvalue weighted by molar-refractivity contribution is 0.00578. The van der Waals surface area contributed by atoms with Crippen LogP contribution in [0.1, 0.15) is 46.1 Å². The Morgan fingerprint density at radius 1 is 1.00 bits per heavy atom. The van der Waals surface area contributed by atoms with Crippen molar-refractivity contribution in [2.75, 3.05) is 18.0 Å². The number of hydrogen-bond donors (Lipinski definition) is 0. The highest BCUT2D eigenvalue weighted by Gasteiger charge is 2.52. The molecule has 4 heteroatoms. The zero-order valence-corrected chi connectivity index (χ0v) is 13.9. The molecule has 0 amide bonds. The Balaban J connectivity index is 1.90. The monoisotopic (exact) mass is 287 g/mol. The molecule has 2 aliphatic heterocycles. The van der Waals surface area contributed by atoms with Gasteiger partial charge in [-0.05, 0) is 65.1 Å². The van der Waals surface area contributed by atoms with Crippen molar-refractivity contribution in [2.45, 2.75) is 58.7 Å². The Morgan fingerprint density at radius 3 is 2.14 bits per heavy atom. The van der Waals surface area contributed by atoms with Gasteiger partial charge in [-0.1, -0.05) is 11.6 Å². The molecule has 3 rings (SSSR count). The molecule has 1 aromatic rings. The van der Waals surface area contributed by atoms with Crippen molar-refractivity contribution in [3.05, 3.63) is 23.8 Å². The highest BCUT2D eigenvalue weighted by Crippen LogP contribution is 2.37. The Kier molecular flexibility index (Phi) is 3.57. The second kappa shape index (κ2) is 5.03. The lowest BCUT2D eigenvalue weighted by Gasteiger charge is -2.32. The van der Waals surface area contributed by atoms with Crippen molar-refractivity contribution in [1.29, 1.82) is 0 Å². The quantitative estimate of drug-likeness (QED) is 0.781. The molecule has 3 nitrogen and oxygen atoms in total. The van der Waals surface area contributed by atoms with E-state index < -0.39 is 0 Å². The van der Waals surface area contributed by atoms with E-state index in [9.17, 15) is 0 Å². The Morgan fingerprint density at radius 2 is 1.57 bits per heavy atom. The average molecular weight is 287 g/mol. The van der Waals surface area contributed by atoms with Gasteiger partial charge in [0, 0.05) is 18.8 Å². The minimum atomic E-state index is -0.284. The summed E-state index contributed by atoms with van der Waals surface area (Å²) in [5.41, 5.74) is 3.12. The van der Waals surface area contributed by atoms with Crippen LogP contribution in [0.3, 0.4) is 0 Å². The summed E-state index contributed by atoms with van der Waals surface area (Å²) in [7, 11) is -0.266. The molecule has 0 bridgehead atoms. The van der Waals surface area contributed by atoms with Crippen molar-refractivity contribution in [3.63, 3.8) is 0 Å². The molecule has 2 fully saturated rings. The third-order valence-electron chi connectivity index (χ3n) is 5.24. The van der Waals surface area contributed by atoms with Crippen LogP contribution in [0, 0.1) is 6.92 Å². The molecule has 2 aliphatic rings. The number of anilines is 1. The fraction of sp³-hybridized carbons (Fsp3) is 0.647. The minimum absolute atomic E-state index is 0.266. The van der Waals surface area contributed by atoms with E-state index in [1.165, 1.54) is 24.1 Å². The Bertz CT molecular complexity index is 520. The minimum Gasteiger partial charge on any atom is -0.399 e. The summed E-state index contributed by atoms with van der Waals surface area (Å²) in [5, 5.41) is 0. The van der Waals surface area contributed by atoms with Crippen LogP contribution in [0.15, 0.2) is 18.2 Å². The third-order valence-corrected chi connectivity index (χ3v) is 5.24. The summed E-state index contributed by atoms with van der Waals surface area (Å²) in [4.78, 5) is 2.45. The first-order valence-electron chi connectivity index (χ1n) is 8.01. The first-order valence-corrected chi connectivity index (χ1v) is 8.01. The number of benzene rings is 1. The van der Waals surface area contributed by atoms with Crippen LogP contribution in [0.4, 0.5) is 5.69 Å². The van der Waals surface area contributed by atoms with Gasteiger partial charge in [0.15, 0.2) is 0 Å². The molecule has 21 heavy (non-hydrogen) atoms. The van der Waals surface area contributed by atoms with Gasteiger partial charge in [-0.25, -0.2) is 0 Å². The fourth-order valence-electron chi connectivity index (χ4n) is 3.02. The zero-order chi connectivity index (χ0) is 15.3. The largest absolute Gasteiger partial charge is 0.495 e. The highest BCUT2D eigenvalue weighted by atomic mass is 16.7. The predicted molar refractivity (Wildman–Crippen MR) is 88.3 cm³/mol. The van der Waals surface area contributed by atoms with Crippen LogP contribution in [0.5, 0.6) is 0 Å². The molecule has 0 saturated carbocycles. The van der Waals surface area contributed by atoms with Gasteiger partial charge in [0.1, 0.15) is 0 Å². The molecular weight excluding hydrogens is 261 g/mol. The standard InChI is InChI=1S/C17H26BNO2/c1-13-8-9-14(19-10-6-7-11-19)12-15(13)18-20-16(2,3)17(4,5)21-18/h8-9,12H,6-7,10-11H2,1-5H3. The maximum atomic E-state index is 6.21. The highest BCUT2D eigenvalue weighted by molar-refractivity contribution is 6.62. The van der Waals surface area contributed by atoms with E-state index >= 15 is 0 Å². The first-order chi connectivity index (χ1) is 9.80. The first kappa shape index (κ1) is 14.9. The summed E-state index contributed by atoms with van der Waals surface area (Å²) in [6, 6.07) is 6.66. The lowest BCUT2D eigenvalue weighted by Crippen LogP contribution is -2.41. The van der Waals surface area contributed by atoms with E-state index in [1.807, 2.05) is 0 Å². The van der Waals surface area contributed by atoms with Crippen molar-refractivity contribution in [3.8, 4) is 0 Å². The zero-order valence-electron chi connectivity index (χ0n) is 13.9. The SMILES string of the molecule is Cc1ccc(N2CCCC2)cc1B1OC(C)(C)C(C)(C)O1. The maximum Gasteiger partial charge on any atom is 0.495 e.